The molecule has 0 aromatic carbocycles. The minimum atomic E-state index is -0.241. The summed E-state index contributed by atoms with van der Waals surface area (Å²) in [6.45, 7) is 4.05. The fraction of sp³-hybridized carbons (Fsp3) is 0.643. The third kappa shape index (κ3) is 2.72. The van der Waals surface area contributed by atoms with Crippen molar-refractivity contribution in [3.05, 3.63) is 23.7 Å². The van der Waals surface area contributed by atoms with Crippen LogP contribution in [0, 0.1) is 12.8 Å². The first kappa shape index (κ1) is 13.5. The molecule has 1 aromatic heterocycles. The van der Waals surface area contributed by atoms with E-state index in [-0.39, 0.29) is 11.4 Å². The van der Waals surface area contributed by atoms with E-state index in [4.69, 9.17) is 16.0 Å². The van der Waals surface area contributed by atoms with E-state index >= 15 is 0 Å². The van der Waals surface area contributed by atoms with Crippen LogP contribution < -0.4 is 5.32 Å². The SMILES string of the molecule is Cc1occc1C(=O)NC1(CCl)CCC(C)CC1. The number of nitrogens with one attached hydrogen (secondary N) is 1. The van der Waals surface area contributed by atoms with Gasteiger partial charge in [-0.05, 0) is 44.6 Å². The summed E-state index contributed by atoms with van der Waals surface area (Å²) < 4.78 is 5.16. The molecule has 3 nitrogen and oxygen atoms in total. The Morgan fingerprint density at radius 3 is 2.72 bits per heavy atom. The molecule has 1 N–H and O–H groups in total. The van der Waals surface area contributed by atoms with Crippen LogP contribution in [0.15, 0.2) is 16.7 Å². The Balaban J connectivity index is 2.07. The van der Waals surface area contributed by atoms with Crippen molar-refractivity contribution in [3.8, 4) is 0 Å². The monoisotopic (exact) mass is 269 g/mol. The Morgan fingerprint density at radius 2 is 2.22 bits per heavy atom. The number of rotatable bonds is 3. The Hall–Kier alpha value is -0.960. The van der Waals surface area contributed by atoms with E-state index in [1.807, 2.05) is 0 Å². The highest BCUT2D eigenvalue weighted by Crippen LogP contribution is 2.33. The van der Waals surface area contributed by atoms with Crippen LogP contribution in [0.5, 0.6) is 0 Å². The van der Waals surface area contributed by atoms with Crippen LogP contribution in [0.25, 0.3) is 0 Å². The second kappa shape index (κ2) is 5.35. The van der Waals surface area contributed by atoms with Gasteiger partial charge < -0.3 is 9.73 Å². The second-order valence-corrected chi connectivity index (χ2v) is 5.71. The van der Waals surface area contributed by atoms with Gasteiger partial charge in [0.15, 0.2) is 0 Å². The molecule has 1 amide bonds. The van der Waals surface area contributed by atoms with Crippen LogP contribution in [0.2, 0.25) is 0 Å². The molecule has 0 spiro atoms. The quantitative estimate of drug-likeness (QED) is 0.854. The molecular weight excluding hydrogens is 250 g/mol. The molecule has 0 radical (unpaired) electrons. The minimum absolute atomic E-state index is 0.0727. The van der Waals surface area contributed by atoms with Gasteiger partial charge in [-0.3, -0.25) is 4.79 Å². The number of furan rings is 1. The summed E-state index contributed by atoms with van der Waals surface area (Å²) in [5, 5.41) is 3.11. The number of alkyl halides is 1. The van der Waals surface area contributed by atoms with E-state index in [9.17, 15) is 4.79 Å². The molecule has 1 saturated carbocycles. The van der Waals surface area contributed by atoms with E-state index in [0.29, 0.717) is 17.2 Å². The Bertz CT molecular complexity index is 419. The molecule has 100 valence electrons. The van der Waals surface area contributed by atoms with Crippen molar-refractivity contribution in [2.24, 2.45) is 5.92 Å². The van der Waals surface area contributed by atoms with Crippen molar-refractivity contribution < 1.29 is 9.21 Å². The molecular formula is C14H20ClNO2. The fourth-order valence-corrected chi connectivity index (χ4v) is 2.87. The lowest BCUT2D eigenvalue weighted by molar-refractivity contribution is 0.0871. The second-order valence-electron chi connectivity index (χ2n) is 5.44. The predicted octanol–water partition coefficient (Wildman–Crippen LogP) is 3.51. The van der Waals surface area contributed by atoms with Gasteiger partial charge in [-0.1, -0.05) is 6.92 Å². The molecule has 2 rings (SSSR count). The average molecular weight is 270 g/mol. The Kier molecular flexibility index (Phi) is 4.00. The van der Waals surface area contributed by atoms with Gasteiger partial charge in [0.1, 0.15) is 5.76 Å². The molecule has 4 heteroatoms. The fourth-order valence-electron chi connectivity index (χ4n) is 2.54. The summed E-state index contributed by atoms with van der Waals surface area (Å²) in [7, 11) is 0. The Morgan fingerprint density at radius 1 is 1.56 bits per heavy atom. The minimum Gasteiger partial charge on any atom is -0.469 e. The summed E-state index contributed by atoms with van der Waals surface area (Å²) in [5.74, 6) is 1.79. The molecule has 18 heavy (non-hydrogen) atoms. The lowest BCUT2D eigenvalue weighted by Gasteiger charge is -2.38. The van der Waals surface area contributed by atoms with Gasteiger partial charge in [-0.2, -0.15) is 0 Å². The van der Waals surface area contributed by atoms with E-state index in [1.165, 1.54) is 0 Å². The number of hydrogen-bond acceptors (Lipinski definition) is 2. The number of carbonyl (C=O) groups excluding carboxylic acids is 1. The van der Waals surface area contributed by atoms with Crippen LogP contribution in [-0.2, 0) is 0 Å². The van der Waals surface area contributed by atoms with Crippen molar-refractivity contribution in [2.45, 2.75) is 45.1 Å². The van der Waals surface area contributed by atoms with E-state index < -0.39 is 0 Å². The highest BCUT2D eigenvalue weighted by atomic mass is 35.5. The summed E-state index contributed by atoms with van der Waals surface area (Å²) >= 11 is 6.09. The van der Waals surface area contributed by atoms with Crippen LogP contribution in [0.3, 0.4) is 0 Å². The molecule has 1 fully saturated rings. The van der Waals surface area contributed by atoms with Crippen molar-refractivity contribution in [1.29, 1.82) is 0 Å². The molecule has 1 heterocycles. The largest absolute Gasteiger partial charge is 0.469 e. The zero-order valence-corrected chi connectivity index (χ0v) is 11.7. The molecule has 0 atom stereocenters. The van der Waals surface area contributed by atoms with Crippen LogP contribution in [-0.4, -0.2) is 17.3 Å². The van der Waals surface area contributed by atoms with Crippen molar-refractivity contribution >= 4 is 17.5 Å². The van der Waals surface area contributed by atoms with E-state index in [2.05, 4.69) is 12.2 Å². The van der Waals surface area contributed by atoms with Crippen molar-refractivity contribution in [2.75, 3.05) is 5.88 Å². The summed E-state index contributed by atoms with van der Waals surface area (Å²) in [6.07, 6.45) is 5.70. The first-order valence-electron chi connectivity index (χ1n) is 6.49. The van der Waals surface area contributed by atoms with E-state index in [1.54, 1.807) is 19.3 Å². The number of aryl methyl sites for hydroxylation is 1. The maximum atomic E-state index is 12.2. The summed E-state index contributed by atoms with van der Waals surface area (Å²) in [5.41, 5.74) is 0.368. The smallest absolute Gasteiger partial charge is 0.255 e. The topological polar surface area (TPSA) is 42.2 Å². The van der Waals surface area contributed by atoms with Gasteiger partial charge in [-0.25, -0.2) is 0 Å². The van der Waals surface area contributed by atoms with Crippen molar-refractivity contribution in [1.82, 2.24) is 5.32 Å². The maximum Gasteiger partial charge on any atom is 0.255 e. The first-order valence-corrected chi connectivity index (χ1v) is 7.02. The number of carbonyl (C=O) groups is 1. The molecule has 1 aliphatic carbocycles. The zero-order chi connectivity index (χ0) is 13.2. The lowest BCUT2D eigenvalue weighted by atomic mass is 9.78. The highest BCUT2D eigenvalue weighted by Gasteiger charge is 2.35. The summed E-state index contributed by atoms with van der Waals surface area (Å²) in [6, 6.07) is 1.71. The van der Waals surface area contributed by atoms with Gasteiger partial charge in [-0.15, -0.1) is 11.6 Å². The average Bonchev–Trinajstić information content (AvgIpc) is 2.79. The van der Waals surface area contributed by atoms with Crippen LogP contribution >= 0.6 is 11.6 Å². The Labute approximate surface area is 113 Å². The molecule has 0 unspecified atom stereocenters. The normalized spacial score (nSPS) is 28.1. The first-order chi connectivity index (χ1) is 8.56. The maximum absolute atomic E-state index is 12.2. The van der Waals surface area contributed by atoms with Crippen LogP contribution in [0.4, 0.5) is 0 Å². The summed E-state index contributed by atoms with van der Waals surface area (Å²) in [4.78, 5) is 12.2. The molecule has 0 saturated heterocycles. The van der Waals surface area contributed by atoms with Gasteiger partial charge in [0.25, 0.3) is 5.91 Å². The molecule has 1 aliphatic rings. The van der Waals surface area contributed by atoms with Crippen molar-refractivity contribution in [3.63, 3.8) is 0 Å². The third-order valence-electron chi connectivity index (χ3n) is 3.97. The molecule has 0 aliphatic heterocycles. The van der Waals surface area contributed by atoms with Gasteiger partial charge in [0.2, 0.25) is 0 Å². The predicted molar refractivity (Wildman–Crippen MR) is 72.0 cm³/mol. The van der Waals surface area contributed by atoms with Gasteiger partial charge >= 0.3 is 0 Å². The third-order valence-corrected chi connectivity index (χ3v) is 4.48. The van der Waals surface area contributed by atoms with Gasteiger partial charge in [0.05, 0.1) is 17.4 Å². The zero-order valence-electron chi connectivity index (χ0n) is 11.0. The van der Waals surface area contributed by atoms with E-state index in [0.717, 1.165) is 31.6 Å². The number of amides is 1. The van der Waals surface area contributed by atoms with Gasteiger partial charge in [0, 0.05) is 5.88 Å². The lowest BCUT2D eigenvalue weighted by Crippen LogP contribution is -2.52. The number of hydrogen-bond donors (Lipinski definition) is 1. The standard InChI is InChI=1S/C14H20ClNO2/c1-10-3-6-14(9-15,7-4-10)16-13(17)12-5-8-18-11(12)2/h5,8,10H,3-4,6-7,9H2,1-2H3,(H,16,17). The highest BCUT2D eigenvalue weighted by molar-refractivity contribution is 6.19. The molecule has 1 aromatic rings. The number of halogens is 1. The molecule has 0 bridgehead atoms. The van der Waals surface area contributed by atoms with Crippen LogP contribution in [0.1, 0.15) is 48.7 Å².